The average molecular weight is 279 g/mol. The van der Waals surface area contributed by atoms with Crippen molar-refractivity contribution >= 4 is 0 Å². The Kier molecular flexibility index (Phi) is 24.2. The van der Waals surface area contributed by atoms with Crippen molar-refractivity contribution in [2.75, 3.05) is 26.4 Å². The van der Waals surface area contributed by atoms with Gasteiger partial charge in [-0.1, -0.05) is 0 Å². The van der Waals surface area contributed by atoms with Gasteiger partial charge >= 0.3 is 0 Å². The van der Waals surface area contributed by atoms with E-state index in [2.05, 4.69) is 0 Å². The molecule has 0 aromatic carbocycles. The van der Waals surface area contributed by atoms with Crippen molar-refractivity contribution in [3.05, 3.63) is 0 Å². The lowest BCUT2D eigenvalue weighted by atomic mass is 10.2. The number of ether oxygens (including phenoxy) is 2. The summed E-state index contributed by atoms with van der Waals surface area (Å²) in [5, 5.41) is 0. The summed E-state index contributed by atoms with van der Waals surface area (Å²) in [5.41, 5.74) is 0. The van der Waals surface area contributed by atoms with Crippen LogP contribution in [0, 0.1) is 0 Å². The van der Waals surface area contributed by atoms with E-state index in [9.17, 15) is 0 Å². The number of rotatable bonds is 0. The topological polar surface area (TPSA) is 18.5 Å². The maximum atomic E-state index is 5.07. The summed E-state index contributed by atoms with van der Waals surface area (Å²) in [5.74, 6) is 0. The van der Waals surface area contributed by atoms with Gasteiger partial charge in [0, 0.05) is 26.4 Å². The van der Waals surface area contributed by atoms with Crippen LogP contribution in [0.1, 0.15) is 38.5 Å². The van der Waals surface area contributed by atoms with Gasteiger partial charge in [-0.05, 0) is 38.5 Å². The second kappa shape index (κ2) is 17.2. The number of hydrogen-bond donors (Lipinski definition) is 0. The molecular weight excluding hydrogens is 258 g/mol. The first-order valence-electron chi connectivity index (χ1n) is 5.15. The lowest BCUT2D eigenvalue weighted by molar-refractivity contribution is -0.00100. The molecule has 0 saturated carbocycles. The number of halogens is 3. The minimum absolute atomic E-state index is 0. The maximum Gasteiger partial charge on any atom is 0.0466 e. The van der Waals surface area contributed by atoms with E-state index in [1.165, 1.54) is 38.5 Å². The van der Waals surface area contributed by atoms with E-state index in [0.717, 1.165) is 26.4 Å². The quantitative estimate of drug-likeness (QED) is 0.439. The third-order valence-electron chi connectivity index (χ3n) is 2.15. The van der Waals surface area contributed by atoms with Crippen LogP contribution in [0.3, 0.4) is 0 Å². The van der Waals surface area contributed by atoms with E-state index in [1.54, 1.807) is 0 Å². The maximum absolute atomic E-state index is 5.07. The first-order valence-corrected chi connectivity index (χ1v) is 5.15. The Bertz CT molecular complexity index is 61.6. The third-order valence-corrected chi connectivity index (χ3v) is 2.15. The van der Waals surface area contributed by atoms with Gasteiger partial charge in [-0.15, -0.1) is 0 Å². The molecule has 0 bridgehead atoms. The van der Waals surface area contributed by atoms with Gasteiger partial charge in [0.25, 0.3) is 0 Å². The van der Waals surface area contributed by atoms with Crippen molar-refractivity contribution in [3.63, 3.8) is 0 Å². The van der Waals surface area contributed by atoms with Crippen LogP contribution in [0.5, 0.6) is 0 Å². The Balaban J connectivity index is -0.000000160. The standard InChI is InChI=1S/2C5H10O.3ClH/c2*1-2-4-6-5-3-1;;;/h2*1-5H2;3*1H/p-3. The molecule has 0 atom stereocenters. The fourth-order valence-electron chi connectivity index (χ4n) is 1.37. The molecule has 0 aliphatic carbocycles. The molecule has 15 heavy (non-hydrogen) atoms. The normalized spacial score (nSPS) is 19.2. The summed E-state index contributed by atoms with van der Waals surface area (Å²) in [7, 11) is 0. The molecule has 96 valence electrons. The Morgan fingerprint density at radius 3 is 0.733 bits per heavy atom. The molecule has 0 amide bonds. The lowest BCUT2D eigenvalue weighted by Gasteiger charge is -2.08. The summed E-state index contributed by atoms with van der Waals surface area (Å²) < 4.78 is 10.1. The highest BCUT2D eigenvalue weighted by molar-refractivity contribution is 4.45. The molecular formula is C10H20Cl3O2-3. The van der Waals surface area contributed by atoms with Crippen molar-refractivity contribution in [2.45, 2.75) is 38.5 Å². The van der Waals surface area contributed by atoms with E-state index in [0.29, 0.717) is 0 Å². The molecule has 0 spiro atoms. The van der Waals surface area contributed by atoms with Crippen molar-refractivity contribution in [1.82, 2.24) is 0 Å². The van der Waals surface area contributed by atoms with Crippen molar-refractivity contribution in [2.24, 2.45) is 0 Å². The van der Waals surface area contributed by atoms with E-state index in [-0.39, 0.29) is 37.2 Å². The molecule has 2 aliphatic heterocycles. The van der Waals surface area contributed by atoms with Crippen molar-refractivity contribution in [3.8, 4) is 0 Å². The Morgan fingerprint density at radius 1 is 0.400 bits per heavy atom. The SMILES string of the molecule is C1CCOCC1.C1CCOCC1.[Cl-].[Cl-].[Cl-]. The monoisotopic (exact) mass is 277 g/mol. The molecule has 2 nitrogen and oxygen atoms in total. The van der Waals surface area contributed by atoms with Crippen LogP contribution in [-0.2, 0) is 9.47 Å². The number of hydrogen-bond acceptors (Lipinski definition) is 2. The summed E-state index contributed by atoms with van der Waals surface area (Å²) in [4.78, 5) is 0. The second-order valence-corrected chi connectivity index (χ2v) is 3.35. The van der Waals surface area contributed by atoms with E-state index in [4.69, 9.17) is 9.47 Å². The molecule has 2 heterocycles. The van der Waals surface area contributed by atoms with Gasteiger partial charge in [0.15, 0.2) is 0 Å². The highest BCUT2D eigenvalue weighted by Gasteiger charge is 1.95. The molecule has 0 unspecified atom stereocenters. The zero-order chi connectivity index (χ0) is 8.49. The zero-order valence-corrected chi connectivity index (χ0v) is 11.3. The van der Waals surface area contributed by atoms with Crippen molar-refractivity contribution < 1.29 is 46.7 Å². The average Bonchev–Trinajstić information content (AvgIpc) is 2.24. The second-order valence-electron chi connectivity index (χ2n) is 3.35. The van der Waals surface area contributed by atoms with Gasteiger partial charge in [-0.25, -0.2) is 0 Å². The lowest BCUT2D eigenvalue weighted by Crippen LogP contribution is -3.00. The summed E-state index contributed by atoms with van der Waals surface area (Å²) in [6.07, 6.45) is 7.86. The van der Waals surface area contributed by atoms with Gasteiger partial charge in [-0.2, -0.15) is 0 Å². The summed E-state index contributed by atoms with van der Waals surface area (Å²) in [6.45, 7) is 4.00. The predicted octanol–water partition coefficient (Wildman–Crippen LogP) is -6.61. The van der Waals surface area contributed by atoms with Crippen LogP contribution < -0.4 is 37.2 Å². The van der Waals surface area contributed by atoms with Gasteiger partial charge in [-0.3, -0.25) is 0 Å². The van der Waals surface area contributed by atoms with Gasteiger partial charge < -0.3 is 46.7 Å². The van der Waals surface area contributed by atoms with Gasteiger partial charge in [0.05, 0.1) is 0 Å². The molecule has 2 saturated heterocycles. The summed E-state index contributed by atoms with van der Waals surface area (Å²) in [6, 6.07) is 0. The first-order chi connectivity index (χ1) is 6.00. The molecule has 2 fully saturated rings. The molecule has 0 aromatic heterocycles. The fraction of sp³-hybridized carbons (Fsp3) is 1.00. The van der Waals surface area contributed by atoms with E-state index >= 15 is 0 Å². The van der Waals surface area contributed by atoms with Gasteiger partial charge in [0.2, 0.25) is 0 Å². The predicted molar refractivity (Wildman–Crippen MR) is 49.3 cm³/mol. The summed E-state index contributed by atoms with van der Waals surface area (Å²) >= 11 is 0. The first kappa shape index (κ1) is 21.1. The van der Waals surface area contributed by atoms with Crippen LogP contribution in [0.15, 0.2) is 0 Å². The molecule has 0 radical (unpaired) electrons. The van der Waals surface area contributed by atoms with E-state index in [1.807, 2.05) is 0 Å². The Labute approximate surface area is 112 Å². The minimum atomic E-state index is 0. The van der Waals surface area contributed by atoms with Crippen molar-refractivity contribution in [1.29, 1.82) is 0 Å². The highest BCUT2D eigenvalue weighted by atomic mass is 35.5. The molecule has 0 aromatic rings. The van der Waals surface area contributed by atoms with Crippen LogP contribution in [0.4, 0.5) is 0 Å². The largest absolute Gasteiger partial charge is 1.00 e. The van der Waals surface area contributed by atoms with Crippen LogP contribution in [0.2, 0.25) is 0 Å². The molecule has 2 aliphatic rings. The van der Waals surface area contributed by atoms with Crippen LogP contribution >= 0.6 is 0 Å². The highest BCUT2D eigenvalue weighted by Crippen LogP contribution is 2.02. The fourth-order valence-corrected chi connectivity index (χ4v) is 1.37. The zero-order valence-electron chi connectivity index (χ0n) is 9.02. The third kappa shape index (κ3) is 14.8. The Hall–Kier alpha value is 0.790. The molecule has 5 heteroatoms. The molecule has 2 rings (SSSR count). The minimum Gasteiger partial charge on any atom is -1.00 e. The Morgan fingerprint density at radius 2 is 0.667 bits per heavy atom. The van der Waals surface area contributed by atoms with Crippen LogP contribution in [-0.4, -0.2) is 26.4 Å². The molecule has 0 N–H and O–H groups in total. The van der Waals surface area contributed by atoms with Gasteiger partial charge in [0.1, 0.15) is 0 Å². The van der Waals surface area contributed by atoms with E-state index < -0.39 is 0 Å². The smallest absolute Gasteiger partial charge is 0.0466 e. The van der Waals surface area contributed by atoms with Crippen LogP contribution in [0.25, 0.3) is 0 Å².